The van der Waals surface area contributed by atoms with Crippen LogP contribution in [0.5, 0.6) is 0 Å². The zero-order valence-electron chi connectivity index (χ0n) is 18.1. The number of hydrogen-bond donors (Lipinski definition) is 0. The van der Waals surface area contributed by atoms with Crippen LogP contribution in [-0.4, -0.2) is 46.2 Å². The maximum Gasteiger partial charge on any atom is 0.263 e. The molecule has 2 unspecified atom stereocenters. The Hall–Kier alpha value is -2.75. The number of hydrogen-bond acceptors (Lipinski definition) is 6. The number of rotatable bonds is 7. The standard InChI is InChI=1S/C23H26N6O2S/c1-2-3-13-32(30)20-15-24-23-19(26-20)10-11-28(23)18-8-6-7-17(14-18)22-27-25-16-29(22)21-9-4-5-12-31-21/h6-8,10-11,14-16,21H,2-5,9,12-13H2,1H3. The molecular weight excluding hydrogens is 424 g/mol. The summed E-state index contributed by atoms with van der Waals surface area (Å²) < 4.78 is 22.4. The van der Waals surface area contributed by atoms with Gasteiger partial charge in [0, 0.05) is 35.2 Å². The Kier molecular flexibility index (Phi) is 6.20. The van der Waals surface area contributed by atoms with Crippen LogP contribution in [0.3, 0.4) is 0 Å². The van der Waals surface area contributed by atoms with Crippen LogP contribution in [0.2, 0.25) is 0 Å². The summed E-state index contributed by atoms with van der Waals surface area (Å²) in [6.07, 6.45) is 10.4. The SMILES string of the molecule is CCCC[S+]([O-])c1cnc2c(ccn2-c2cccc(-c3nncn3C3CCCCO3)c2)n1. The van der Waals surface area contributed by atoms with E-state index in [1.807, 2.05) is 39.6 Å². The quantitative estimate of drug-likeness (QED) is 0.390. The minimum Gasteiger partial charge on any atom is -0.610 e. The maximum atomic E-state index is 12.4. The van der Waals surface area contributed by atoms with Crippen molar-refractivity contribution in [3.8, 4) is 17.1 Å². The first-order valence-electron chi connectivity index (χ1n) is 11.1. The predicted molar refractivity (Wildman–Crippen MR) is 123 cm³/mol. The normalized spacial score (nSPS) is 17.6. The monoisotopic (exact) mass is 450 g/mol. The number of aromatic nitrogens is 6. The Morgan fingerprint density at radius 2 is 2.19 bits per heavy atom. The zero-order valence-corrected chi connectivity index (χ0v) is 18.9. The summed E-state index contributed by atoms with van der Waals surface area (Å²) >= 11 is -1.12. The molecule has 0 saturated carbocycles. The molecule has 5 rings (SSSR count). The van der Waals surface area contributed by atoms with Crippen LogP contribution in [0.15, 0.2) is 54.1 Å². The van der Waals surface area contributed by atoms with Crippen LogP contribution in [0.1, 0.15) is 45.3 Å². The third kappa shape index (κ3) is 4.15. The second-order valence-corrected chi connectivity index (χ2v) is 9.46. The van der Waals surface area contributed by atoms with Gasteiger partial charge in [0.2, 0.25) is 0 Å². The van der Waals surface area contributed by atoms with E-state index in [1.54, 1.807) is 12.5 Å². The van der Waals surface area contributed by atoms with E-state index >= 15 is 0 Å². The first-order chi connectivity index (χ1) is 15.7. The molecule has 0 aliphatic carbocycles. The molecule has 4 heterocycles. The van der Waals surface area contributed by atoms with Gasteiger partial charge in [0.1, 0.15) is 30.0 Å². The maximum absolute atomic E-state index is 12.4. The van der Waals surface area contributed by atoms with Gasteiger partial charge in [0.05, 0.1) is 0 Å². The number of unbranched alkanes of at least 4 members (excludes halogenated alkanes) is 1. The fraction of sp³-hybridized carbons (Fsp3) is 0.391. The summed E-state index contributed by atoms with van der Waals surface area (Å²) in [4.78, 5) is 9.18. The van der Waals surface area contributed by atoms with E-state index in [1.165, 1.54) is 0 Å². The molecule has 0 N–H and O–H groups in total. The molecule has 3 aromatic heterocycles. The van der Waals surface area contributed by atoms with Crippen LogP contribution >= 0.6 is 0 Å². The van der Waals surface area contributed by atoms with Gasteiger partial charge in [0.15, 0.2) is 11.5 Å². The van der Waals surface area contributed by atoms with Crippen molar-refractivity contribution in [2.75, 3.05) is 12.4 Å². The molecule has 1 aromatic carbocycles. The molecule has 8 nitrogen and oxygen atoms in total. The van der Waals surface area contributed by atoms with E-state index in [-0.39, 0.29) is 6.23 Å². The second kappa shape index (κ2) is 9.40. The summed E-state index contributed by atoms with van der Waals surface area (Å²) in [6, 6.07) is 10.0. The smallest absolute Gasteiger partial charge is 0.263 e. The van der Waals surface area contributed by atoms with Gasteiger partial charge in [-0.3, -0.25) is 9.13 Å². The average Bonchev–Trinajstić information content (AvgIpc) is 3.50. The molecule has 1 fully saturated rings. The lowest BCUT2D eigenvalue weighted by molar-refractivity contribution is -0.0311. The zero-order chi connectivity index (χ0) is 21.9. The molecule has 1 saturated heterocycles. The lowest BCUT2D eigenvalue weighted by atomic mass is 10.1. The number of ether oxygens (including phenoxy) is 1. The first-order valence-corrected chi connectivity index (χ1v) is 12.4. The van der Waals surface area contributed by atoms with Crippen LogP contribution < -0.4 is 0 Å². The summed E-state index contributed by atoms with van der Waals surface area (Å²) in [5.41, 5.74) is 3.37. The van der Waals surface area contributed by atoms with E-state index in [0.717, 1.165) is 67.0 Å². The minimum absolute atomic E-state index is 0.0253. The van der Waals surface area contributed by atoms with Crippen molar-refractivity contribution >= 4 is 22.3 Å². The fourth-order valence-corrected chi connectivity index (χ4v) is 5.12. The van der Waals surface area contributed by atoms with Gasteiger partial charge in [-0.1, -0.05) is 25.5 Å². The lowest BCUT2D eigenvalue weighted by Crippen LogP contribution is -2.18. The Morgan fingerprint density at radius 3 is 3.03 bits per heavy atom. The lowest BCUT2D eigenvalue weighted by Gasteiger charge is -2.24. The first kappa shape index (κ1) is 21.1. The van der Waals surface area contributed by atoms with E-state index in [0.29, 0.717) is 10.8 Å². The highest BCUT2D eigenvalue weighted by Crippen LogP contribution is 2.29. The van der Waals surface area contributed by atoms with Gasteiger partial charge in [-0.25, -0.2) is 4.98 Å². The van der Waals surface area contributed by atoms with Crippen molar-refractivity contribution in [3.05, 3.63) is 49.1 Å². The van der Waals surface area contributed by atoms with Crippen LogP contribution in [0, 0.1) is 0 Å². The molecule has 0 bridgehead atoms. The Morgan fingerprint density at radius 1 is 1.25 bits per heavy atom. The molecule has 0 amide bonds. The molecule has 9 heteroatoms. The molecule has 0 radical (unpaired) electrons. The number of fused-ring (bicyclic) bond motifs is 1. The Labute approximate surface area is 189 Å². The fourth-order valence-electron chi connectivity index (χ4n) is 3.99. The summed E-state index contributed by atoms with van der Waals surface area (Å²) in [5.74, 6) is 1.40. The van der Waals surface area contributed by atoms with E-state index < -0.39 is 11.2 Å². The Balaban J connectivity index is 1.46. The second-order valence-electron chi connectivity index (χ2n) is 7.94. The molecule has 1 aliphatic rings. The van der Waals surface area contributed by atoms with Gasteiger partial charge >= 0.3 is 0 Å². The third-order valence-corrected chi connectivity index (χ3v) is 7.03. The molecule has 0 spiro atoms. The highest BCUT2D eigenvalue weighted by molar-refractivity contribution is 7.91. The number of nitrogens with zero attached hydrogens (tertiary/aromatic N) is 6. The van der Waals surface area contributed by atoms with Gasteiger partial charge in [-0.2, -0.15) is 4.98 Å². The van der Waals surface area contributed by atoms with E-state index in [2.05, 4.69) is 33.2 Å². The molecule has 32 heavy (non-hydrogen) atoms. The Bertz CT molecular complexity index is 1200. The molecular formula is C23H26N6O2S. The molecule has 166 valence electrons. The van der Waals surface area contributed by atoms with Gasteiger partial charge < -0.3 is 9.29 Å². The van der Waals surface area contributed by atoms with Crippen LogP contribution in [-0.2, 0) is 15.9 Å². The average molecular weight is 451 g/mol. The predicted octanol–water partition coefficient (Wildman–Crippen LogP) is 4.29. The minimum atomic E-state index is -1.12. The molecule has 2 atom stereocenters. The van der Waals surface area contributed by atoms with E-state index in [9.17, 15) is 4.55 Å². The van der Waals surface area contributed by atoms with Crippen molar-refractivity contribution < 1.29 is 9.29 Å². The van der Waals surface area contributed by atoms with E-state index in [4.69, 9.17) is 4.74 Å². The number of benzene rings is 1. The van der Waals surface area contributed by atoms with Crippen LogP contribution in [0.4, 0.5) is 0 Å². The topological polar surface area (TPSA) is 93.7 Å². The highest BCUT2D eigenvalue weighted by Gasteiger charge is 2.21. The summed E-state index contributed by atoms with van der Waals surface area (Å²) in [6.45, 7) is 2.85. The third-order valence-electron chi connectivity index (χ3n) is 5.70. The van der Waals surface area contributed by atoms with Crippen molar-refractivity contribution in [2.24, 2.45) is 0 Å². The summed E-state index contributed by atoms with van der Waals surface area (Å²) in [5, 5.41) is 9.04. The largest absolute Gasteiger partial charge is 0.610 e. The molecule has 1 aliphatic heterocycles. The van der Waals surface area contributed by atoms with Gasteiger partial charge in [-0.05, 0) is 43.9 Å². The highest BCUT2D eigenvalue weighted by atomic mass is 32.2. The summed E-state index contributed by atoms with van der Waals surface area (Å²) in [7, 11) is 0. The van der Waals surface area contributed by atoms with Crippen molar-refractivity contribution in [3.63, 3.8) is 0 Å². The van der Waals surface area contributed by atoms with Crippen molar-refractivity contribution in [1.82, 2.24) is 29.3 Å². The molecule has 4 aromatic rings. The van der Waals surface area contributed by atoms with Crippen LogP contribution in [0.25, 0.3) is 28.2 Å². The van der Waals surface area contributed by atoms with Gasteiger partial charge in [-0.15, -0.1) is 10.2 Å². The van der Waals surface area contributed by atoms with Crippen molar-refractivity contribution in [1.29, 1.82) is 0 Å². The van der Waals surface area contributed by atoms with Crippen molar-refractivity contribution in [2.45, 2.75) is 50.3 Å². The van der Waals surface area contributed by atoms with Gasteiger partial charge in [0.25, 0.3) is 5.03 Å².